The van der Waals surface area contributed by atoms with Crippen LogP contribution in [0.1, 0.15) is 71.1 Å². The van der Waals surface area contributed by atoms with E-state index in [9.17, 15) is 19.6 Å². The molecule has 14 heteroatoms. The summed E-state index contributed by atoms with van der Waals surface area (Å²) in [7, 11) is -5.01. The second-order valence-corrected chi connectivity index (χ2v) is 8.91. The van der Waals surface area contributed by atoms with Crippen molar-refractivity contribution in [3.63, 3.8) is 0 Å². The number of phosphoric acid groups is 1. The van der Waals surface area contributed by atoms with Crippen molar-refractivity contribution >= 4 is 14.0 Å². The van der Waals surface area contributed by atoms with E-state index in [-0.39, 0.29) is 65.7 Å². The average Bonchev–Trinajstić information content (AvgIpc) is 2.69. The van der Waals surface area contributed by atoms with Crippen molar-refractivity contribution in [2.24, 2.45) is 0 Å². The SMILES string of the molecule is CCCCCCCCCCCCO[C@H]1O[C@H](COC(=O)O)[C@@H](O)[C@H](O)[C@H]1OP(=O)(O)O.[Na+].[Na+]. The molecule has 0 aromatic heterocycles. The molecule has 0 aromatic carbocycles. The summed E-state index contributed by atoms with van der Waals surface area (Å²) in [6.45, 7) is 1.78. The van der Waals surface area contributed by atoms with Crippen LogP contribution in [0.15, 0.2) is 0 Å². The van der Waals surface area contributed by atoms with E-state index in [1.165, 1.54) is 38.5 Å². The first-order valence-corrected chi connectivity index (χ1v) is 12.4. The summed E-state index contributed by atoms with van der Waals surface area (Å²) in [5, 5.41) is 28.9. The molecule has 1 aliphatic rings. The standard InChI is InChI=1S/C19H37O11P.2Na/c1-2-3-4-5-6-7-8-9-10-11-12-27-18-17(30-31(24,25)26)16(21)15(20)14(29-18)13-28-19(22)23;;/h14-18,20-21H,2-13H2,1H3,(H,22,23)(H2,24,25,26);;/q;2*+1/t14-,15-,16+,17-,18+;;/m1../s1. The van der Waals surface area contributed by atoms with E-state index in [1.54, 1.807) is 0 Å². The van der Waals surface area contributed by atoms with Crippen LogP contribution in [0.25, 0.3) is 0 Å². The predicted octanol–water partition coefficient (Wildman–Crippen LogP) is -3.45. The Balaban J connectivity index is 0. The topological polar surface area (TPSA) is 172 Å². The van der Waals surface area contributed by atoms with Crippen LogP contribution in [0.5, 0.6) is 0 Å². The van der Waals surface area contributed by atoms with Crippen LogP contribution in [0.4, 0.5) is 4.79 Å². The summed E-state index contributed by atoms with van der Waals surface area (Å²) in [5.74, 6) is 0. The number of phosphoric ester groups is 1. The third-order valence-corrected chi connectivity index (χ3v) is 5.57. The van der Waals surface area contributed by atoms with Gasteiger partial charge in [-0.2, -0.15) is 0 Å². The Hall–Kier alpha value is 1.22. The molecule has 1 fully saturated rings. The normalized spacial score (nSPS) is 25.1. The predicted molar refractivity (Wildman–Crippen MR) is 109 cm³/mol. The Labute approximate surface area is 239 Å². The van der Waals surface area contributed by atoms with Crippen LogP contribution < -0.4 is 59.1 Å². The summed E-state index contributed by atoms with van der Waals surface area (Å²) < 4.78 is 31.0. The van der Waals surface area contributed by atoms with Crippen molar-refractivity contribution in [1.29, 1.82) is 0 Å². The van der Waals surface area contributed by atoms with Gasteiger partial charge in [0.2, 0.25) is 0 Å². The van der Waals surface area contributed by atoms with E-state index in [1.807, 2.05) is 0 Å². The molecule has 0 saturated carbocycles. The molecule has 33 heavy (non-hydrogen) atoms. The molecule has 5 N–H and O–H groups in total. The zero-order valence-electron chi connectivity index (χ0n) is 20.0. The fourth-order valence-electron chi connectivity index (χ4n) is 3.39. The number of carbonyl (C=O) groups is 1. The van der Waals surface area contributed by atoms with Crippen LogP contribution in [0.3, 0.4) is 0 Å². The number of rotatable bonds is 16. The molecule has 1 heterocycles. The number of aliphatic hydroxyl groups excluding tert-OH is 2. The summed E-state index contributed by atoms with van der Waals surface area (Å²) >= 11 is 0. The fourth-order valence-corrected chi connectivity index (χ4v) is 3.93. The van der Waals surface area contributed by atoms with Crippen molar-refractivity contribution < 1.29 is 112 Å². The van der Waals surface area contributed by atoms with Crippen LogP contribution in [0, 0.1) is 0 Å². The minimum absolute atomic E-state index is 0. The first-order valence-electron chi connectivity index (χ1n) is 10.9. The zero-order valence-corrected chi connectivity index (χ0v) is 24.9. The van der Waals surface area contributed by atoms with Gasteiger partial charge in [0.25, 0.3) is 0 Å². The maximum Gasteiger partial charge on any atom is 1.00 e. The molecule has 0 bridgehead atoms. The molecule has 1 aliphatic heterocycles. The number of aliphatic hydroxyl groups is 2. The van der Waals surface area contributed by atoms with Crippen molar-refractivity contribution in [3.05, 3.63) is 0 Å². The van der Waals surface area contributed by atoms with E-state index in [0.717, 1.165) is 19.3 Å². The maximum atomic E-state index is 11.2. The largest absolute Gasteiger partial charge is 1.00 e. The minimum Gasteiger partial charge on any atom is -0.450 e. The van der Waals surface area contributed by atoms with E-state index in [4.69, 9.17) is 24.4 Å². The van der Waals surface area contributed by atoms with Crippen LogP contribution in [0.2, 0.25) is 0 Å². The number of ether oxygens (including phenoxy) is 3. The molecule has 0 aliphatic carbocycles. The van der Waals surface area contributed by atoms with Crippen molar-refractivity contribution in [2.75, 3.05) is 13.2 Å². The van der Waals surface area contributed by atoms with E-state index >= 15 is 0 Å². The second kappa shape index (κ2) is 20.3. The van der Waals surface area contributed by atoms with Crippen LogP contribution in [-0.4, -0.2) is 75.2 Å². The first-order chi connectivity index (χ1) is 14.7. The number of carboxylic acid groups (broad SMARTS) is 1. The van der Waals surface area contributed by atoms with Gasteiger partial charge in [-0.25, -0.2) is 9.36 Å². The number of hydrogen-bond acceptors (Lipinski definition) is 8. The Morgan fingerprint density at radius 2 is 1.42 bits per heavy atom. The smallest absolute Gasteiger partial charge is 0.450 e. The molecule has 11 nitrogen and oxygen atoms in total. The summed E-state index contributed by atoms with van der Waals surface area (Å²) in [4.78, 5) is 28.7. The summed E-state index contributed by atoms with van der Waals surface area (Å²) in [5.41, 5.74) is 0. The fraction of sp³-hybridized carbons (Fsp3) is 0.947. The van der Waals surface area contributed by atoms with Gasteiger partial charge in [-0.15, -0.1) is 0 Å². The monoisotopic (exact) mass is 518 g/mol. The average molecular weight is 518 g/mol. The molecule has 5 atom stereocenters. The van der Waals surface area contributed by atoms with Gasteiger partial charge in [-0.3, -0.25) is 4.52 Å². The molecule has 0 spiro atoms. The number of hydrogen-bond donors (Lipinski definition) is 5. The van der Waals surface area contributed by atoms with Gasteiger partial charge in [0.1, 0.15) is 31.0 Å². The van der Waals surface area contributed by atoms with Gasteiger partial charge < -0.3 is 39.3 Å². The quantitative estimate of drug-likeness (QED) is 0.0596. The Bertz CT molecular complexity index is 552. The summed E-state index contributed by atoms with van der Waals surface area (Å²) in [6, 6.07) is 0. The minimum atomic E-state index is -5.01. The Morgan fingerprint density at radius 3 is 1.91 bits per heavy atom. The molecule has 0 aromatic rings. The number of unbranched alkanes of at least 4 members (excludes halogenated alkanes) is 9. The maximum absolute atomic E-state index is 11.2. The molecule has 184 valence electrons. The molecule has 0 radical (unpaired) electrons. The van der Waals surface area contributed by atoms with Gasteiger partial charge in [0, 0.05) is 6.61 Å². The zero-order chi connectivity index (χ0) is 23.3. The Morgan fingerprint density at radius 1 is 0.909 bits per heavy atom. The first kappa shape index (κ1) is 36.4. The van der Waals surface area contributed by atoms with Crippen LogP contribution >= 0.6 is 7.82 Å². The van der Waals surface area contributed by atoms with Crippen molar-refractivity contribution in [2.45, 2.75) is 102 Å². The van der Waals surface area contributed by atoms with Gasteiger partial charge in [0.05, 0.1) is 0 Å². The summed E-state index contributed by atoms with van der Waals surface area (Å²) in [6.07, 6.45) is 1.77. The van der Waals surface area contributed by atoms with E-state index in [2.05, 4.69) is 16.2 Å². The molecule has 1 rings (SSSR count). The molecule has 1 saturated heterocycles. The van der Waals surface area contributed by atoms with E-state index < -0.39 is 51.3 Å². The van der Waals surface area contributed by atoms with Gasteiger partial charge in [0.15, 0.2) is 6.29 Å². The molecular formula is C19H37Na2O11P+2. The second-order valence-electron chi connectivity index (χ2n) is 7.71. The van der Waals surface area contributed by atoms with E-state index in [0.29, 0.717) is 6.42 Å². The Kier molecular flexibility index (Phi) is 22.4. The van der Waals surface area contributed by atoms with Crippen molar-refractivity contribution in [3.8, 4) is 0 Å². The van der Waals surface area contributed by atoms with Gasteiger partial charge >= 0.3 is 73.1 Å². The third kappa shape index (κ3) is 16.6. The van der Waals surface area contributed by atoms with Gasteiger partial charge in [-0.1, -0.05) is 64.7 Å². The molecular weight excluding hydrogens is 481 g/mol. The molecule has 0 amide bonds. The van der Waals surface area contributed by atoms with Crippen LogP contribution in [-0.2, 0) is 23.3 Å². The van der Waals surface area contributed by atoms with Crippen molar-refractivity contribution in [1.82, 2.24) is 0 Å². The molecule has 0 unspecified atom stereocenters. The van der Waals surface area contributed by atoms with Gasteiger partial charge in [-0.05, 0) is 6.42 Å². The third-order valence-electron chi connectivity index (χ3n) is 5.05.